The van der Waals surface area contributed by atoms with Crippen LogP contribution in [0.2, 0.25) is 0 Å². The molecule has 2 rings (SSSR count). The number of carbonyl (C=O) groups is 2. The first-order valence-corrected chi connectivity index (χ1v) is 4.29. The molecular formula is C7H10N2O6. The Labute approximate surface area is 83.8 Å². The number of amides is 3. The van der Waals surface area contributed by atoms with Gasteiger partial charge in [0.2, 0.25) is 0 Å². The van der Waals surface area contributed by atoms with Gasteiger partial charge in [0.05, 0.1) is 6.61 Å². The summed E-state index contributed by atoms with van der Waals surface area (Å²) in [5.41, 5.74) is -1.99. The highest BCUT2D eigenvalue weighted by Crippen LogP contribution is 2.26. The number of urea groups is 1. The van der Waals surface area contributed by atoms with Gasteiger partial charge in [-0.2, -0.15) is 0 Å². The van der Waals surface area contributed by atoms with E-state index < -0.39 is 36.0 Å². The van der Waals surface area contributed by atoms with E-state index >= 15 is 0 Å². The Morgan fingerprint density at radius 1 is 1.33 bits per heavy atom. The number of rotatable bonds is 0. The second-order valence-corrected chi connectivity index (χ2v) is 3.46. The van der Waals surface area contributed by atoms with E-state index in [4.69, 9.17) is 9.84 Å². The highest BCUT2D eigenvalue weighted by molar-refractivity contribution is 6.06. The molecule has 0 radical (unpaired) electrons. The number of hydrogen-bond acceptors (Lipinski definition) is 6. The van der Waals surface area contributed by atoms with Crippen LogP contribution in [-0.4, -0.2) is 57.9 Å². The fourth-order valence-electron chi connectivity index (χ4n) is 1.61. The summed E-state index contributed by atoms with van der Waals surface area (Å²) < 4.78 is 4.90. The number of imide groups is 1. The molecule has 8 heteroatoms. The largest absolute Gasteiger partial charge is 0.388 e. The van der Waals surface area contributed by atoms with Crippen LogP contribution in [0.5, 0.6) is 0 Å². The van der Waals surface area contributed by atoms with E-state index in [1.807, 2.05) is 5.32 Å². The minimum atomic E-state index is -1.99. The minimum Gasteiger partial charge on any atom is -0.388 e. The van der Waals surface area contributed by atoms with Gasteiger partial charge in [-0.25, -0.2) is 4.79 Å². The molecule has 15 heavy (non-hydrogen) atoms. The van der Waals surface area contributed by atoms with Crippen LogP contribution < -0.4 is 10.6 Å². The molecule has 2 heterocycles. The molecule has 2 saturated heterocycles. The van der Waals surface area contributed by atoms with Gasteiger partial charge in [-0.15, -0.1) is 0 Å². The highest BCUT2D eigenvalue weighted by Gasteiger charge is 2.59. The highest BCUT2D eigenvalue weighted by atomic mass is 16.6. The Bertz CT molecular complexity index is 321. The molecule has 0 saturated carbocycles. The number of carbonyl (C=O) groups excluding carboxylic acids is 2. The first kappa shape index (κ1) is 10.3. The molecule has 2 fully saturated rings. The maximum absolute atomic E-state index is 11.4. The Kier molecular flexibility index (Phi) is 2.15. The van der Waals surface area contributed by atoms with Crippen LogP contribution in [0.3, 0.4) is 0 Å². The third kappa shape index (κ3) is 1.30. The van der Waals surface area contributed by atoms with Crippen LogP contribution in [0.15, 0.2) is 0 Å². The van der Waals surface area contributed by atoms with E-state index in [0.717, 1.165) is 0 Å². The fourth-order valence-corrected chi connectivity index (χ4v) is 1.61. The molecule has 84 valence electrons. The van der Waals surface area contributed by atoms with Crippen LogP contribution in [0, 0.1) is 0 Å². The molecule has 1 unspecified atom stereocenters. The number of aliphatic hydroxyl groups is 3. The summed E-state index contributed by atoms with van der Waals surface area (Å²) in [7, 11) is 0. The van der Waals surface area contributed by atoms with E-state index in [1.165, 1.54) is 0 Å². The monoisotopic (exact) mass is 218 g/mol. The fraction of sp³-hybridized carbons (Fsp3) is 0.714. The van der Waals surface area contributed by atoms with Crippen molar-refractivity contribution in [1.29, 1.82) is 0 Å². The van der Waals surface area contributed by atoms with E-state index in [1.54, 1.807) is 0 Å². The zero-order valence-corrected chi connectivity index (χ0v) is 7.51. The summed E-state index contributed by atoms with van der Waals surface area (Å²) >= 11 is 0. The minimum absolute atomic E-state index is 0.355. The van der Waals surface area contributed by atoms with E-state index in [0.29, 0.717) is 0 Å². The number of ether oxygens (including phenoxy) is 1. The topological polar surface area (TPSA) is 128 Å². The Hall–Kier alpha value is -1.22. The zero-order valence-electron chi connectivity index (χ0n) is 7.51. The summed E-state index contributed by atoms with van der Waals surface area (Å²) in [5.74, 6) is -0.883. The van der Waals surface area contributed by atoms with Gasteiger partial charge in [0.25, 0.3) is 11.6 Å². The lowest BCUT2D eigenvalue weighted by atomic mass is 9.94. The van der Waals surface area contributed by atoms with Gasteiger partial charge >= 0.3 is 6.03 Å². The summed E-state index contributed by atoms with van der Waals surface area (Å²) in [4.78, 5) is 22.2. The quantitative estimate of drug-likeness (QED) is 0.270. The molecule has 0 aromatic rings. The van der Waals surface area contributed by atoms with Gasteiger partial charge in [-0.05, 0) is 0 Å². The summed E-state index contributed by atoms with van der Waals surface area (Å²) in [5, 5.41) is 32.1. The predicted octanol–water partition coefficient (Wildman–Crippen LogP) is -3.36. The van der Waals surface area contributed by atoms with E-state index in [2.05, 4.69) is 5.32 Å². The Morgan fingerprint density at radius 2 is 2.00 bits per heavy atom. The lowest BCUT2D eigenvalue weighted by Crippen LogP contribution is -2.68. The summed E-state index contributed by atoms with van der Waals surface area (Å²) in [6.45, 7) is -0.355. The third-order valence-electron chi connectivity index (χ3n) is 2.48. The van der Waals surface area contributed by atoms with Crippen molar-refractivity contribution in [2.75, 3.05) is 6.61 Å². The van der Waals surface area contributed by atoms with Gasteiger partial charge in [-0.1, -0.05) is 0 Å². The molecule has 0 aromatic heterocycles. The van der Waals surface area contributed by atoms with Gasteiger partial charge in [0, 0.05) is 0 Å². The molecule has 0 bridgehead atoms. The zero-order chi connectivity index (χ0) is 11.2. The molecule has 0 aliphatic carbocycles. The lowest BCUT2D eigenvalue weighted by molar-refractivity contribution is -0.233. The van der Waals surface area contributed by atoms with Gasteiger partial charge in [-0.3, -0.25) is 15.4 Å². The van der Waals surface area contributed by atoms with Crippen molar-refractivity contribution in [3.05, 3.63) is 0 Å². The van der Waals surface area contributed by atoms with E-state index in [9.17, 15) is 19.8 Å². The Balaban J connectivity index is 2.29. The second kappa shape index (κ2) is 3.14. The predicted molar refractivity (Wildman–Crippen MR) is 43.4 cm³/mol. The van der Waals surface area contributed by atoms with Crippen molar-refractivity contribution in [1.82, 2.24) is 10.6 Å². The van der Waals surface area contributed by atoms with Crippen molar-refractivity contribution in [2.24, 2.45) is 0 Å². The SMILES string of the molecule is O=C1NC(=O)[C@@]2(N1)OC[C@@H](O)[C@H](O)C2O. The summed E-state index contributed by atoms with van der Waals surface area (Å²) in [6.07, 6.45) is -4.56. The molecule has 2 aliphatic heterocycles. The molecule has 2 aliphatic rings. The average molecular weight is 218 g/mol. The van der Waals surface area contributed by atoms with Crippen LogP contribution in [0.1, 0.15) is 0 Å². The number of nitrogens with one attached hydrogen (secondary N) is 2. The van der Waals surface area contributed by atoms with Crippen LogP contribution >= 0.6 is 0 Å². The van der Waals surface area contributed by atoms with Crippen molar-refractivity contribution < 1.29 is 29.6 Å². The Morgan fingerprint density at radius 3 is 2.53 bits per heavy atom. The van der Waals surface area contributed by atoms with Crippen LogP contribution in [0.4, 0.5) is 4.79 Å². The first-order chi connectivity index (χ1) is 6.97. The number of aliphatic hydroxyl groups excluding tert-OH is 3. The standard InChI is InChI=1S/C7H10N2O6/c10-2-1-15-7(4(12)3(2)11)5(13)8-6(14)9-7/h2-4,10-12H,1H2,(H2,8,9,13,14)/t2-,3+,4?,7+/m1/s1. The van der Waals surface area contributed by atoms with E-state index in [-0.39, 0.29) is 6.61 Å². The normalized spacial score (nSPS) is 45.4. The van der Waals surface area contributed by atoms with Crippen LogP contribution in [0.25, 0.3) is 0 Å². The molecule has 5 N–H and O–H groups in total. The molecule has 1 spiro atoms. The van der Waals surface area contributed by atoms with Crippen molar-refractivity contribution in [2.45, 2.75) is 24.0 Å². The van der Waals surface area contributed by atoms with Crippen molar-refractivity contribution in [3.63, 3.8) is 0 Å². The van der Waals surface area contributed by atoms with Crippen molar-refractivity contribution in [3.8, 4) is 0 Å². The average Bonchev–Trinajstić information content (AvgIpc) is 2.46. The van der Waals surface area contributed by atoms with Crippen molar-refractivity contribution >= 4 is 11.9 Å². The van der Waals surface area contributed by atoms with Gasteiger partial charge in [0.1, 0.15) is 18.3 Å². The molecule has 3 amide bonds. The molecule has 8 nitrogen and oxygen atoms in total. The van der Waals surface area contributed by atoms with Gasteiger partial charge in [0.15, 0.2) is 0 Å². The maximum atomic E-state index is 11.4. The van der Waals surface area contributed by atoms with Gasteiger partial charge < -0.3 is 20.1 Å². The first-order valence-electron chi connectivity index (χ1n) is 4.29. The van der Waals surface area contributed by atoms with Crippen LogP contribution in [-0.2, 0) is 9.53 Å². The molecular weight excluding hydrogens is 208 g/mol. The summed E-state index contributed by atoms with van der Waals surface area (Å²) in [6, 6.07) is -0.817. The molecule has 4 atom stereocenters. The molecule has 0 aromatic carbocycles. The maximum Gasteiger partial charge on any atom is 0.324 e. The number of hydrogen-bond donors (Lipinski definition) is 5. The second-order valence-electron chi connectivity index (χ2n) is 3.46. The lowest BCUT2D eigenvalue weighted by Gasteiger charge is -2.40. The third-order valence-corrected chi connectivity index (χ3v) is 2.48. The smallest absolute Gasteiger partial charge is 0.324 e.